The molecular formula is C28H32ClN9O5. The number of nitrogens with one attached hydrogen (secondary N) is 1. The third-order valence-corrected chi connectivity index (χ3v) is 8.13. The van der Waals surface area contributed by atoms with Crippen LogP contribution in [0.25, 0.3) is 11.1 Å². The predicted molar refractivity (Wildman–Crippen MR) is 153 cm³/mol. The maximum Gasteiger partial charge on any atom is 0.257 e. The van der Waals surface area contributed by atoms with E-state index in [1.54, 1.807) is 29.5 Å². The number of anilines is 2. The Hall–Kier alpha value is -3.85. The Bertz CT molecular complexity index is 1510. The lowest BCUT2D eigenvalue weighted by Crippen LogP contribution is -2.38. The summed E-state index contributed by atoms with van der Waals surface area (Å²) in [5.74, 6) is 1.06. The summed E-state index contributed by atoms with van der Waals surface area (Å²) >= 11 is 6.43. The molecule has 7 rings (SSSR count). The van der Waals surface area contributed by atoms with Gasteiger partial charge >= 0.3 is 0 Å². The molecule has 15 heteroatoms. The summed E-state index contributed by atoms with van der Waals surface area (Å²) in [4.78, 5) is 9.13. The van der Waals surface area contributed by atoms with Gasteiger partial charge in [-0.2, -0.15) is 0 Å². The molecule has 0 radical (unpaired) electrons. The normalized spacial score (nSPS) is 19.3. The molecule has 4 aromatic rings. The Kier molecular flexibility index (Phi) is 7.82. The molecule has 1 N–H and O–H groups in total. The SMILES string of the molecule is C[C@@H](Cn1cnnn1)Oc1cc(-c2cnc(Nc3cn(C4CCC5(CC4)OCCO5)nc3OC3COC3)nc2)ccc1Cl. The van der Waals surface area contributed by atoms with E-state index in [0.717, 1.165) is 36.8 Å². The molecule has 5 heterocycles. The number of nitrogens with zero attached hydrogens (tertiary/aromatic N) is 8. The van der Waals surface area contributed by atoms with Gasteiger partial charge in [-0.25, -0.2) is 14.6 Å². The van der Waals surface area contributed by atoms with Crippen molar-refractivity contribution in [3.05, 3.63) is 48.1 Å². The first kappa shape index (κ1) is 28.0. The van der Waals surface area contributed by atoms with Gasteiger partial charge in [0, 0.05) is 30.8 Å². The first-order valence-electron chi connectivity index (χ1n) is 14.4. The molecule has 43 heavy (non-hydrogen) atoms. The third kappa shape index (κ3) is 6.27. The van der Waals surface area contributed by atoms with Crippen LogP contribution in [0, 0.1) is 0 Å². The number of rotatable bonds is 10. The molecule has 1 spiro atoms. The lowest BCUT2D eigenvalue weighted by atomic mass is 9.90. The highest BCUT2D eigenvalue weighted by Crippen LogP contribution is 2.41. The maximum atomic E-state index is 6.43. The van der Waals surface area contributed by atoms with Gasteiger partial charge in [-0.05, 0) is 47.9 Å². The smallest absolute Gasteiger partial charge is 0.257 e. The Morgan fingerprint density at radius 2 is 1.91 bits per heavy atom. The molecule has 1 atom stereocenters. The fraction of sp³-hybridized carbons (Fsp3) is 0.500. The van der Waals surface area contributed by atoms with Crippen LogP contribution in [0.4, 0.5) is 11.6 Å². The van der Waals surface area contributed by atoms with Crippen molar-refractivity contribution in [2.75, 3.05) is 31.7 Å². The molecular weight excluding hydrogens is 578 g/mol. The standard InChI is InChI=1S/C28H32ClN9O5/c1-18(13-37-17-32-35-36-37)42-25-10-19(2-3-23(25)29)20-11-30-27(31-12-20)33-24-14-38(34-26(24)43-22-15-39-16-22)21-4-6-28(7-5-21)40-8-9-41-28/h2-3,10-12,14,17-18,21-22H,4-9,13,15-16H2,1H3,(H,30,31,33)/t18-/m0/s1. The second-order valence-corrected chi connectivity index (χ2v) is 11.4. The molecule has 0 unspecified atom stereocenters. The van der Waals surface area contributed by atoms with E-state index in [-0.39, 0.29) is 18.2 Å². The van der Waals surface area contributed by atoms with E-state index in [4.69, 9.17) is 40.4 Å². The predicted octanol–water partition coefficient (Wildman–Crippen LogP) is 3.83. The van der Waals surface area contributed by atoms with Gasteiger partial charge in [0.25, 0.3) is 5.88 Å². The average molecular weight is 610 g/mol. The molecule has 0 amide bonds. The third-order valence-electron chi connectivity index (χ3n) is 7.82. The lowest BCUT2D eigenvalue weighted by molar-refractivity contribution is -0.181. The van der Waals surface area contributed by atoms with Crippen LogP contribution < -0.4 is 14.8 Å². The van der Waals surface area contributed by atoms with Crippen LogP contribution in [0.1, 0.15) is 38.6 Å². The van der Waals surface area contributed by atoms with Crippen LogP contribution in [-0.2, 0) is 20.8 Å². The second kappa shape index (κ2) is 12.0. The van der Waals surface area contributed by atoms with Crippen molar-refractivity contribution in [2.45, 2.75) is 63.2 Å². The van der Waals surface area contributed by atoms with Gasteiger partial charge < -0.3 is 29.0 Å². The molecule has 3 aromatic heterocycles. The Balaban J connectivity index is 1.04. The largest absolute Gasteiger partial charge is 0.487 e. The fourth-order valence-corrected chi connectivity index (χ4v) is 5.65. The van der Waals surface area contributed by atoms with E-state index in [2.05, 4.69) is 30.8 Å². The number of ether oxygens (including phenoxy) is 5. The van der Waals surface area contributed by atoms with E-state index in [9.17, 15) is 0 Å². The lowest BCUT2D eigenvalue weighted by Gasteiger charge is -2.35. The molecule has 0 bridgehead atoms. The average Bonchev–Trinajstić information content (AvgIpc) is 3.76. The first-order chi connectivity index (χ1) is 21.0. The summed E-state index contributed by atoms with van der Waals surface area (Å²) in [5.41, 5.74) is 2.38. The van der Waals surface area contributed by atoms with Crippen molar-refractivity contribution in [1.29, 1.82) is 0 Å². The number of hydrogen-bond donors (Lipinski definition) is 1. The zero-order chi connectivity index (χ0) is 29.2. The van der Waals surface area contributed by atoms with Gasteiger partial charge in [0.1, 0.15) is 30.0 Å². The zero-order valence-corrected chi connectivity index (χ0v) is 24.4. The summed E-state index contributed by atoms with van der Waals surface area (Å²) in [6.45, 7) is 4.82. The monoisotopic (exact) mass is 609 g/mol. The van der Waals surface area contributed by atoms with E-state index in [0.29, 0.717) is 61.3 Å². The molecule has 1 aromatic carbocycles. The van der Waals surface area contributed by atoms with Crippen LogP contribution in [-0.4, -0.2) is 84.4 Å². The van der Waals surface area contributed by atoms with Crippen molar-refractivity contribution in [3.63, 3.8) is 0 Å². The zero-order valence-electron chi connectivity index (χ0n) is 23.6. The highest BCUT2D eigenvalue weighted by molar-refractivity contribution is 6.32. The molecule has 1 aliphatic carbocycles. The van der Waals surface area contributed by atoms with Crippen LogP contribution in [0.15, 0.2) is 43.1 Å². The van der Waals surface area contributed by atoms with Crippen LogP contribution in [0.3, 0.4) is 0 Å². The first-order valence-corrected chi connectivity index (χ1v) is 14.8. The number of tetrazole rings is 1. The van der Waals surface area contributed by atoms with E-state index in [1.165, 1.54) is 0 Å². The molecule has 3 aliphatic rings. The summed E-state index contributed by atoms with van der Waals surface area (Å²) in [7, 11) is 0. The van der Waals surface area contributed by atoms with Gasteiger partial charge in [-0.1, -0.05) is 17.7 Å². The number of hydrogen-bond acceptors (Lipinski definition) is 12. The summed E-state index contributed by atoms with van der Waals surface area (Å²) in [6.07, 6.45) is 10.3. The highest BCUT2D eigenvalue weighted by Gasteiger charge is 2.41. The van der Waals surface area contributed by atoms with Crippen LogP contribution in [0.5, 0.6) is 11.6 Å². The van der Waals surface area contributed by atoms with Gasteiger partial charge in [-0.15, -0.1) is 10.2 Å². The molecule has 3 fully saturated rings. The quantitative estimate of drug-likeness (QED) is 0.279. The van der Waals surface area contributed by atoms with Crippen molar-refractivity contribution in [1.82, 2.24) is 40.0 Å². The van der Waals surface area contributed by atoms with Crippen molar-refractivity contribution >= 4 is 23.2 Å². The van der Waals surface area contributed by atoms with Crippen LogP contribution in [0.2, 0.25) is 5.02 Å². The van der Waals surface area contributed by atoms with Crippen molar-refractivity contribution in [2.24, 2.45) is 0 Å². The molecule has 14 nitrogen and oxygen atoms in total. The highest BCUT2D eigenvalue weighted by atomic mass is 35.5. The van der Waals surface area contributed by atoms with E-state index in [1.807, 2.05) is 29.9 Å². The van der Waals surface area contributed by atoms with Gasteiger partial charge in [0.2, 0.25) is 5.95 Å². The molecule has 2 saturated heterocycles. The van der Waals surface area contributed by atoms with Crippen molar-refractivity contribution in [3.8, 4) is 22.8 Å². The number of halogens is 1. The van der Waals surface area contributed by atoms with E-state index >= 15 is 0 Å². The molecule has 226 valence electrons. The molecule has 2 aliphatic heterocycles. The minimum absolute atomic E-state index is 0.0287. The Morgan fingerprint density at radius 3 is 2.60 bits per heavy atom. The minimum Gasteiger partial charge on any atom is -0.487 e. The Labute approximate surface area is 252 Å². The summed E-state index contributed by atoms with van der Waals surface area (Å²) < 4.78 is 32.9. The summed E-state index contributed by atoms with van der Waals surface area (Å²) in [6, 6.07) is 5.79. The topological polar surface area (TPSA) is 145 Å². The van der Waals surface area contributed by atoms with Crippen LogP contribution >= 0.6 is 11.6 Å². The fourth-order valence-electron chi connectivity index (χ4n) is 5.48. The number of benzene rings is 1. The van der Waals surface area contributed by atoms with Gasteiger partial charge in [-0.3, -0.25) is 4.68 Å². The van der Waals surface area contributed by atoms with Gasteiger partial charge in [0.15, 0.2) is 5.79 Å². The van der Waals surface area contributed by atoms with Gasteiger partial charge in [0.05, 0.1) is 50.2 Å². The minimum atomic E-state index is -0.423. The molecule has 1 saturated carbocycles. The second-order valence-electron chi connectivity index (χ2n) is 11.0. The number of aromatic nitrogens is 8. The van der Waals surface area contributed by atoms with E-state index < -0.39 is 5.79 Å². The van der Waals surface area contributed by atoms with Crippen molar-refractivity contribution < 1.29 is 23.7 Å². The maximum absolute atomic E-state index is 6.43. The summed E-state index contributed by atoms with van der Waals surface area (Å²) in [5, 5.41) is 19.8. The Morgan fingerprint density at radius 1 is 1.12 bits per heavy atom.